The van der Waals surface area contributed by atoms with Gasteiger partial charge in [-0.25, -0.2) is 0 Å². The molecule has 156 valence electrons. The van der Waals surface area contributed by atoms with E-state index in [1.54, 1.807) is 0 Å². The van der Waals surface area contributed by atoms with Crippen molar-refractivity contribution in [3.8, 4) is 0 Å². The van der Waals surface area contributed by atoms with Crippen molar-refractivity contribution in [2.24, 2.45) is 0 Å². The maximum absolute atomic E-state index is 5.54. The second kappa shape index (κ2) is 8.78. The van der Waals surface area contributed by atoms with E-state index in [4.69, 9.17) is 4.74 Å². The van der Waals surface area contributed by atoms with Crippen LogP contribution in [0.1, 0.15) is 30.0 Å². The SMILES string of the molecule is CC/C(=C(/c1ccccc1)c1ccc2[nH]ncc2c1)c1cccc(N2CCOCC2)c1. The molecule has 31 heavy (non-hydrogen) atoms. The van der Waals surface area contributed by atoms with Gasteiger partial charge in [0, 0.05) is 24.2 Å². The predicted molar refractivity (Wildman–Crippen MR) is 128 cm³/mol. The first-order chi connectivity index (χ1) is 15.3. The summed E-state index contributed by atoms with van der Waals surface area (Å²) in [5.74, 6) is 0. The molecule has 4 aromatic rings. The number of morpholine rings is 1. The number of hydrogen-bond acceptors (Lipinski definition) is 3. The zero-order chi connectivity index (χ0) is 21.0. The van der Waals surface area contributed by atoms with Gasteiger partial charge in [0.05, 0.1) is 24.9 Å². The Balaban J connectivity index is 1.67. The molecule has 4 nitrogen and oxygen atoms in total. The number of benzene rings is 3. The molecule has 0 atom stereocenters. The van der Waals surface area contributed by atoms with Gasteiger partial charge in [-0.1, -0.05) is 55.5 Å². The van der Waals surface area contributed by atoms with Gasteiger partial charge < -0.3 is 9.64 Å². The van der Waals surface area contributed by atoms with Crippen LogP contribution in [0.2, 0.25) is 0 Å². The first kappa shape index (κ1) is 19.6. The van der Waals surface area contributed by atoms with E-state index in [1.165, 1.54) is 33.5 Å². The Hall–Kier alpha value is -3.37. The molecule has 5 rings (SSSR count). The van der Waals surface area contributed by atoms with Gasteiger partial charge in [-0.3, -0.25) is 5.10 Å². The van der Waals surface area contributed by atoms with Crippen molar-refractivity contribution in [1.82, 2.24) is 10.2 Å². The Bertz CT molecular complexity index is 1200. The first-order valence-corrected chi connectivity index (χ1v) is 11.0. The largest absolute Gasteiger partial charge is 0.378 e. The van der Waals surface area contributed by atoms with Crippen LogP contribution in [-0.4, -0.2) is 36.5 Å². The Morgan fingerprint density at radius 2 is 1.71 bits per heavy atom. The fourth-order valence-electron chi connectivity index (χ4n) is 4.46. The third-order valence-electron chi connectivity index (χ3n) is 6.02. The monoisotopic (exact) mass is 409 g/mol. The van der Waals surface area contributed by atoms with Crippen molar-refractivity contribution in [3.63, 3.8) is 0 Å². The quantitative estimate of drug-likeness (QED) is 0.426. The standard InChI is InChI=1S/C27H27N3O/c1-2-25(21-9-6-10-24(18-21)30-13-15-31-16-14-30)27(20-7-4-3-5-8-20)22-11-12-26-23(17-22)19-28-29-26/h3-12,17-19H,2,13-16H2,1H3,(H,28,29)/b27-25+. The number of aromatic nitrogens is 2. The fraction of sp³-hybridized carbons (Fsp3) is 0.222. The molecule has 0 amide bonds. The summed E-state index contributed by atoms with van der Waals surface area (Å²) in [7, 11) is 0. The third kappa shape index (κ3) is 3.99. The maximum Gasteiger partial charge on any atom is 0.0650 e. The topological polar surface area (TPSA) is 41.2 Å². The third-order valence-corrected chi connectivity index (χ3v) is 6.02. The van der Waals surface area contributed by atoms with Crippen LogP contribution in [0.25, 0.3) is 22.0 Å². The summed E-state index contributed by atoms with van der Waals surface area (Å²) >= 11 is 0. The molecule has 1 N–H and O–H groups in total. The van der Waals surface area contributed by atoms with Crippen molar-refractivity contribution in [2.45, 2.75) is 13.3 Å². The summed E-state index contributed by atoms with van der Waals surface area (Å²) in [6.07, 6.45) is 2.84. The Labute approximate surface area is 183 Å². The van der Waals surface area contributed by atoms with Crippen LogP contribution >= 0.6 is 0 Å². The van der Waals surface area contributed by atoms with E-state index in [-0.39, 0.29) is 0 Å². The Kier molecular flexibility index (Phi) is 5.55. The molecule has 1 aliphatic heterocycles. The number of nitrogens with one attached hydrogen (secondary N) is 1. The van der Waals surface area contributed by atoms with E-state index >= 15 is 0 Å². The lowest BCUT2D eigenvalue weighted by atomic mass is 9.87. The normalized spacial score (nSPS) is 15.2. The number of fused-ring (bicyclic) bond motifs is 1. The average Bonchev–Trinajstić information content (AvgIpc) is 3.31. The zero-order valence-corrected chi connectivity index (χ0v) is 17.8. The smallest absolute Gasteiger partial charge is 0.0650 e. The van der Waals surface area contributed by atoms with Crippen molar-refractivity contribution in [3.05, 3.63) is 95.7 Å². The summed E-state index contributed by atoms with van der Waals surface area (Å²) < 4.78 is 5.54. The van der Waals surface area contributed by atoms with Gasteiger partial charge in [0.15, 0.2) is 0 Å². The number of allylic oxidation sites excluding steroid dienone is 1. The minimum Gasteiger partial charge on any atom is -0.378 e. The van der Waals surface area contributed by atoms with E-state index in [0.717, 1.165) is 43.6 Å². The molecule has 0 radical (unpaired) electrons. The molecule has 0 bridgehead atoms. The molecule has 0 spiro atoms. The van der Waals surface area contributed by atoms with Crippen LogP contribution in [0.3, 0.4) is 0 Å². The second-order valence-electron chi connectivity index (χ2n) is 7.89. The molecule has 1 aliphatic rings. The van der Waals surface area contributed by atoms with Crippen LogP contribution < -0.4 is 4.90 Å². The molecule has 1 fully saturated rings. The summed E-state index contributed by atoms with van der Waals surface area (Å²) in [5.41, 5.74) is 8.69. The van der Waals surface area contributed by atoms with E-state index in [9.17, 15) is 0 Å². The van der Waals surface area contributed by atoms with Crippen LogP contribution in [-0.2, 0) is 4.74 Å². The van der Waals surface area contributed by atoms with Crippen LogP contribution in [0.15, 0.2) is 79.0 Å². The lowest BCUT2D eigenvalue weighted by Gasteiger charge is -2.29. The molecule has 2 heterocycles. The number of rotatable bonds is 5. The highest BCUT2D eigenvalue weighted by Crippen LogP contribution is 2.36. The molecule has 0 saturated carbocycles. The van der Waals surface area contributed by atoms with Gasteiger partial charge in [0.25, 0.3) is 0 Å². The summed E-state index contributed by atoms with van der Waals surface area (Å²) in [6, 6.07) is 26.2. The molecule has 1 aromatic heterocycles. The highest BCUT2D eigenvalue weighted by molar-refractivity contribution is 6.00. The minimum absolute atomic E-state index is 0.792. The van der Waals surface area contributed by atoms with E-state index in [0.29, 0.717) is 0 Å². The minimum atomic E-state index is 0.792. The molecular formula is C27H27N3O. The number of ether oxygens (including phenoxy) is 1. The van der Waals surface area contributed by atoms with Gasteiger partial charge in [-0.15, -0.1) is 0 Å². The van der Waals surface area contributed by atoms with Gasteiger partial charge in [-0.2, -0.15) is 5.10 Å². The van der Waals surface area contributed by atoms with E-state index in [1.807, 2.05) is 6.20 Å². The van der Waals surface area contributed by atoms with E-state index < -0.39 is 0 Å². The second-order valence-corrected chi connectivity index (χ2v) is 7.89. The number of H-pyrrole nitrogens is 1. The fourth-order valence-corrected chi connectivity index (χ4v) is 4.46. The molecule has 0 unspecified atom stereocenters. The van der Waals surface area contributed by atoms with Crippen molar-refractivity contribution in [2.75, 3.05) is 31.2 Å². The molecule has 1 saturated heterocycles. The molecule has 3 aromatic carbocycles. The maximum atomic E-state index is 5.54. The highest BCUT2D eigenvalue weighted by Gasteiger charge is 2.16. The van der Waals surface area contributed by atoms with Gasteiger partial charge in [-0.05, 0) is 58.5 Å². The average molecular weight is 410 g/mol. The lowest BCUT2D eigenvalue weighted by Crippen LogP contribution is -2.36. The summed E-state index contributed by atoms with van der Waals surface area (Å²) in [5, 5.41) is 8.39. The Morgan fingerprint density at radius 3 is 2.52 bits per heavy atom. The van der Waals surface area contributed by atoms with Crippen LogP contribution in [0.5, 0.6) is 0 Å². The van der Waals surface area contributed by atoms with Crippen LogP contribution in [0.4, 0.5) is 5.69 Å². The van der Waals surface area contributed by atoms with Gasteiger partial charge in [0.1, 0.15) is 0 Å². The van der Waals surface area contributed by atoms with Crippen molar-refractivity contribution < 1.29 is 4.74 Å². The van der Waals surface area contributed by atoms with Crippen molar-refractivity contribution in [1.29, 1.82) is 0 Å². The molecule has 4 heteroatoms. The predicted octanol–water partition coefficient (Wildman–Crippen LogP) is 5.77. The van der Waals surface area contributed by atoms with Gasteiger partial charge >= 0.3 is 0 Å². The van der Waals surface area contributed by atoms with Gasteiger partial charge in [0.2, 0.25) is 0 Å². The number of anilines is 1. The lowest BCUT2D eigenvalue weighted by molar-refractivity contribution is 0.122. The van der Waals surface area contributed by atoms with Crippen LogP contribution in [0, 0.1) is 0 Å². The highest BCUT2D eigenvalue weighted by atomic mass is 16.5. The number of hydrogen-bond donors (Lipinski definition) is 1. The van der Waals surface area contributed by atoms with Crippen molar-refractivity contribution >= 4 is 27.7 Å². The molecular weight excluding hydrogens is 382 g/mol. The molecule has 0 aliphatic carbocycles. The summed E-state index contributed by atoms with van der Waals surface area (Å²) in [6.45, 7) is 5.71. The first-order valence-electron chi connectivity index (χ1n) is 11.0. The summed E-state index contributed by atoms with van der Waals surface area (Å²) in [4.78, 5) is 2.42. The Morgan fingerprint density at radius 1 is 0.903 bits per heavy atom. The number of aromatic amines is 1. The van der Waals surface area contributed by atoms with E-state index in [2.05, 4.69) is 94.8 Å². The zero-order valence-electron chi connectivity index (χ0n) is 17.8. The number of nitrogens with zero attached hydrogens (tertiary/aromatic N) is 2.